The maximum atomic E-state index is 14.3. The van der Waals surface area contributed by atoms with Crippen molar-refractivity contribution in [2.24, 2.45) is 14.1 Å². The van der Waals surface area contributed by atoms with Crippen LogP contribution in [0.15, 0.2) is 46.0 Å². The van der Waals surface area contributed by atoms with Crippen molar-refractivity contribution in [2.75, 3.05) is 5.32 Å². The number of carbonyl (C=O) groups is 1. The minimum Gasteiger partial charge on any atom is -0.501 e. The van der Waals surface area contributed by atoms with Gasteiger partial charge >= 0.3 is 0 Å². The Bertz CT molecular complexity index is 1460. The summed E-state index contributed by atoms with van der Waals surface area (Å²) in [7, 11) is 3.18. The quantitative estimate of drug-likeness (QED) is 0.414. The van der Waals surface area contributed by atoms with E-state index in [0.717, 1.165) is 10.3 Å². The lowest BCUT2D eigenvalue weighted by atomic mass is 9.83. The number of aromatic hydroxyl groups is 1. The summed E-state index contributed by atoms with van der Waals surface area (Å²) in [6.45, 7) is 3.59. The van der Waals surface area contributed by atoms with Crippen LogP contribution >= 0.6 is 11.6 Å². The zero-order valence-electron chi connectivity index (χ0n) is 19.3. The molecule has 35 heavy (non-hydrogen) atoms. The van der Waals surface area contributed by atoms with Gasteiger partial charge in [0.1, 0.15) is 23.6 Å². The van der Waals surface area contributed by atoms with Gasteiger partial charge in [-0.25, -0.2) is 9.37 Å². The highest BCUT2D eigenvalue weighted by atomic mass is 35.5. The van der Waals surface area contributed by atoms with Gasteiger partial charge in [-0.3, -0.25) is 18.8 Å². The van der Waals surface area contributed by atoms with E-state index < -0.39 is 40.6 Å². The Labute approximate surface area is 204 Å². The fourth-order valence-corrected chi connectivity index (χ4v) is 4.37. The highest BCUT2D eigenvalue weighted by molar-refractivity contribution is 6.31. The lowest BCUT2D eigenvalue weighted by Gasteiger charge is -2.27. The van der Waals surface area contributed by atoms with E-state index in [1.54, 1.807) is 18.7 Å². The first kappa shape index (κ1) is 24.1. The summed E-state index contributed by atoms with van der Waals surface area (Å²) in [5, 5.41) is 21.1. The standard InChI is InChI=1S/C23H22ClFN6O4/c1-11-7-17(31(4)29-11)18(15-8-13(25)5-6-16(15)24)12(2)21-28-19(20(32)23(34)30(21)3)22(33)27-14-9-26-35-10-14/h5-10,12,18,32H,1-4H3,(H,27,33)/t12-,18-/m0/s1. The molecule has 182 valence electrons. The number of aryl methyl sites for hydroxylation is 2. The predicted octanol–water partition coefficient (Wildman–Crippen LogP) is 3.50. The molecular formula is C23H22ClFN6O4. The zero-order valence-corrected chi connectivity index (χ0v) is 20.0. The van der Waals surface area contributed by atoms with Crippen LogP contribution in [0.25, 0.3) is 0 Å². The Kier molecular flexibility index (Phi) is 6.44. The second-order valence-corrected chi connectivity index (χ2v) is 8.57. The molecule has 3 aromatic heterocycles. The molecule has 2 atom stereocenters. The van der Waals surface area contributed by atoms with Crippen LogP contribution in [0, 0.1) is 12.7 Å². The lowest BCUT2D eigenvalue weighted by molar-refractivity contribution is 0.101. The number of halogens is 2. The molecule has 1 aromatic carbocycles. The Morgan fingerprint density at radius 1 is 1.29 bits per heavy atom. The molecule has 0 bridgehead atoms. The number of hydrogen-bond acceptors (Lipinski definition) is 7. The summed E-state index contributed by atoms with van der Waals surface area (Å²) in [6.07, 6.45) is 2.44. The van der Waals surface area contributed by atoms with Crippen molar-refractivity contribution < 1.29 is 18.8 Å². The minimum absolute atomic E-state index is 0.174. The number of aromatic nitrogens is 5. The van der Waals surface area contributed by atoms with Crippen LogP contribution in [0.4, 0.5) is 10.1 Å². The van der Waals surface area contributed by atoms with Crippen molar-refractivity contribution in [1.82, 2.24) is 24.5 Å². The number of rotatable bonds is 6. The van der Waals surface area contributed by atoms with Gasteiger partial charge in [0.2, 0.25) is 5.75 Å². The Morgan fingerprint density at radius 3 is 2.66 bits per heavy atom. The molecule has 0 fully saturated rings. The second kappa shape index (κ2) is 9.34. The third kappa shape index (κ3) is 4.54. The topological polar surface area (TPSA) is 128 Å². The van der Waals surface area contributed by atoms with Gasteiger partial charge in [-0.05, 0) is 36.8 Å². The Hall–Kier alpha value is -3.99. The molecule has 10 nitrogen and oxygen atoms in total. The SMILES string of the molecule is Cc1cc([C@H](c2cc(F)ccc2Cl)[C@H](C)c2nc(C(=O)Nc3cnoc3)c(O)c(=O)n2C)n(C)n1. The molecule has 0 saturated carbocycles. The molecule has 0 radical (unpaired) electrons. The summed E-state index contributed by atoms with van der Waals surface area (Å²) in [5.41, 5.74) is 0.819. The highest BCUT2D eigenvalue weighted by Gasteiger charge is 2.32. The van der Waals surface area contributed by atoms with Crippen LogP contribution in [0.3, 0.4) is 0 Å². The summed E-state index contributed by atoms with van der Waals surface area (Å²) in [5.74, 6) is -3.15. The van der Waals surface area contributed by atoms with Gasteiger partial charge in [-0.2, -0.15) is 5.10 Å². The molecule has 0 spiro atoms. The first-order chi connectivity index (χ1) is 16.6. The van der Waals surface area contributed by atoms with Crippen LogP contribution < -0.4 is 10.9 Å². The van der Waals surface area contributed by atoms with Crippen molar-refractivity contribution >= 4 is 23.2 Å². The Morgan fingerprint density at radius 2 is 2.03 bits per heavy atom. The molecule has 4 aromatic rings. The van der Waals surface area contributed by atoms with E-state index >= 15 is 0 Å². The fraction of sp³-hybridized carbons (Fsp3) is 0.261. The smallest absolute Gasteiger partial charge is 0.296 e. The molecule has 0 aliphatic carbocycles. The molecule has 0 unspecified atom stereocenters. The van der Waals surface area contributed by atoms with Gasteiger partial charge in [-0.15, -0.1) is 0 Å². The van der Waals surface area contributed by atoms with E-state index in [-0.39, 0.29) is 11.5 Å². The van der Waals surface area contributed by atoms with Crippen molar-refractivity contribution in [3.63, 3.8) is 0 Å². The van der Waals surface area contributed by atoms with Gasteiger partial charge in [-0.1, -0.05) is 23.7 Å². The van der Waals surface area contributed by atoms with Gasteiger partial charge in [0.15, 0.2) is 5.69 Å². The van der Waals surface area contributed by atoms with Gasteiger partial charge in [0.05, 0.1) is 11.9 Å². The number of nitrogens with zero attached hydrogens (tertiary/aromatic N) is 5. The first-order valence-corrected chi connectivity index (χ1v) is 10.9. The number of anilines is 1. The molecule has 0 saturated heterocycles. The van der Waals surface area contributed by atoms with Crippen molar-refractivity contribution in [3.05, 3.63) is 86.4 Å². The van der Waals surface area contributed by atoms with E-state index in [2.05, 4.69) is 25.1 Å². The molecule has 0 aliphatic heterocycles. The second-order valence-electron chi connectivity index (χ2n) is 8.16. The van der Waals surface area contributed by atoms with E-state index in [4.69, 9.17) is 11.6 Å². The molecule has 12 heteroatoms. The number of nitrogens with one attached hydrogen (secondary N) is 1. The van der Waals surface area contributed by atoms with Crippen molar-refractivity contribution in [3.8, 4) is 5.75 Å². The minimum atomic E-state index is -0.825. The number of amides is 1. The number of hydrogen-bond donors (Lipinski definition) is 2. The summed E-state index contributed by atoms with van der Waals surface area (Å²) in [6, 6.07) is 5.87. The van der Waals surface area contributed by atoms with Crippen molar-refractivity contribution in [2.45, 2.75) is 25.7 Å². The van der Waals surface area contributed by atoms with Crippen LogP contribution in [-0.4, -0.2) is 35.5 Å². The monoisotopic (exact) mass is 500 g/mol. The molecule has 0 aliphatic rings. The highest BCUT2D eigenvalue weighted by Crippen LogP contribution is 2.41. The van der Waals surface area contributed by atoms with Crippen LogP contribution in [0.1, 0.15) is 52.0 Å². The van der Waals surface area contributed by atoms with Gasteiger partial charge in [0, 0.05) is 36.6 Å². The van der Waals surface area contributed by atoms with E-state index in [1.807, 2.05) is 13.0 Å². The molecule has 1 amide bonds. The maximum absolute atomic E-state index is 14.3. The van der Waals surface area contributed by atoms with Crippen LogP contribution in [0.5, 0.6) is 5.75 Å². The molecule has 4 rings (SSSR count). The van der Waals surface area contributed by atoms with Crippen molar-refractivity contribution in [1.29, 1.82) is 0 Å². The summed E-state index contributed by atoms with van der Waals surface area (Å²) in [4.78, 5) is 30.0. The van der Waals surface area contributed by atoms with Gasteiger partial charge < -0.3 is 14.9 Å². The maximum Gasteiger partial charge on any atom is 0.296 e. The largest absolute Gasteiger partial charge is 0.501 e. The third-order valence-electron chi connectivity index (χ3n) is 5.76. The third-order valence-corrected chi connectivity index (χ3v) is 6.11. The fourth-order valence-electron chi connectivity index (χ4n) is 4.14. The Balaban J connectivity index is 1.88. The molecular weight excluding hydrogens is 479 g/mol. The normalized spacial score (nSPS) is 13.0. The van der Waals surface area contributed by atoms with Gasteiger partial charge in [0.25, 0.3) is 11.5 Å². The predicted molar refractivity (Wildman–Crippen MR) is 125 cm³/mol. The number of benzene rings is 1. The number of carbonyl (C=O) groups excluding carboxylic acids is 1. The summed E-state index contributed by atoms with van der Waals surface area (Å²) < 4.78 is 21.8. The molecule has 2 N–H and O–H groups in total. The van der Waals surface area contributed by atoms with Crippen LogP contribution in [-0.2, 0) is 14.1 Å². The van der Waals surface area contributed by atoms with E-state index in [1.165, 1.54) is 37.7 Å². The lowest BCUT2D eigenvalue weighted by Crippen LogP contribution is -2.30. The average molecular weight is 501 g/mol. The molecule has 3 heterocycles. The van der Waals surface area contributed by atoms with Crippen LogP contribution in [0.2, 0.25) is 5.02 Å². The van der Waals surface area contributed by atoms with E-state index in [0.29, 0.717) is 16.3 Å². The summed E-state index contributed by atoms with van der Waals surface area (Å²) >= 11 is 6.48. The zero-order chi connectivity index (χ0) is 25.4. The van der Waals surface area contributed by atoms with E-state index in [9.17, 15) is 19.1 Å². The average Bonchev–Trinajstić information content (AvgIpc) is 3.43. The first-order valence-electron chi connectivity index (χ1n) is 10.5.